The molecule has 2 atom stereocenters. The van der Waals surface area contributed by atoms with E-state index in [1.165, 1.54) is 6.26 Å². The predicted octanol–water partition coefficient (Wildman–Crippen LogP) is 1.57. The van der Waals surface area contributed by atoms with Crippen LogP contribution in [0.2, 0.25) is 0 Å². The minimum atomic E-state index is -0.777. The van der Waals surface area contributed by atoms with Gasteiger partial charge >= 0.3 is 5.97 Å². The highest BCUT2D eigenvalue weighted by Crippen LogP contribution is 2.26. The molecular formula is C12H15NO4. The Kier molecular flexibility index (Phi) is 3.17. The summed E-state index contributed by atoms with van der Waals surface area (Å²) in [6, 6.07) is 1.58. The Hall–Kier alpha value is -1.78. The lowest BCUT2D eigenvalue weighted by Crippen LogP contribution is -2.33. The molecule has 1 amide bonds. The average Bonchev–Trinajstić information content (AvgIpc) is 2.86. The largest absolute Gasteiger partial charge is 0.481 e. The molecule has 92 valence electrons. The van der Waals surface area contributed by atoms with Crippen LogP contribution in [0.3, 0.4) is 0 Å². The van der Waals surface area contributed by atoms with Gasteiger partial charge in [-0.3, -0.25) is 9.59 Å². The van der Waals surface area contributed by atoms with E-state index in [4.69, 9.17) is 9.52 Å². The number of hydrogen-bond acceptors (Lipinski definition) is 3. The van der Waals surface area contributed by atoms with Crippen LogP contribution in [0.1, 0.15) is 35.4 Å². The Morgan fingerprint density at radius 1 is 1.47 bits per heavy atom. The highest BCUT2D eigenvalue weighted by molar-refractivity contribution is 5.95. The Labute approximate surface area is 98.8 Å². The molecule has 2 N–H and O–H groups in total. The molecule has 2 rings (SSSR count). The Morgan fingerprint density at radius 3 is 2.76 bits per heavy atom. The first kappa shape index (κ1) is 11.7. The lowest BCUT2D eigenvalue weighted by Gasteiger charge is -2.11. The lowest BCUT2D eigenvalue weighted by atomic mass is 10.1. The van der Waals surface area contributed by atoms with Gasteiger partial charge in [-0.25, -0.2) is 0 Å². The minimum absolute atomic E-state index is 0.0436. The maximum atomic E-state index is 11.8. The lowest BCUT2D eigenvalue weighted by molar-refractivity contribution is -0.141. The first-order valence-electron chi connectivity index (χ1n) is 5.65. The summed E-state index contributed by atoms with van der Waals surface area (Å²) >= 11 is 0. The second kappa shape index (κ2) is 4.61. The molecule has 1 aliphatic carbocycles. The van der Waals surface area contributed by atoms with Crippen molar-refractivity contribution in [1.82, 2.24) is 5.32 Å². The maximum absolute atomic E-state index is 11.8. The summed E-state index contributed by atoms with van der Waals surface area (Å²) in [6.07, 6.45) is 3.33. The number of furan rings is 1. The first-order valence-corrected chi connectivity index (χ1v) is 5.65. The summed E-state index contributed by atoms with van der Waals surface area (Å²) in [5.41, 5.74) is 0.517. The van der Waals surface area contributed by atoms with E-state index in [0.717, 1.165) is 6.42 Å². The van der Waals surface area contributed by atoms with E-state index in [0.29, 0.717) is 24.2 Å². The quantitative estimate of drug-likeness (QED) is 0.836. The molecule has 0 aliphatic heterocycles. The molecule has 1 saturated carbocycles. The fourth-order valence-corrected chi connectivity index (χ4v) is 2.22. The van der Waals surface area contributed by atoms with Gasteiger partial charge in [0.2, 0.25) is 0 Å². The van der Waals surface area contributed by atoms with Gasteiger partial charge in [0.25, 0.3) is 5.91 Å². The molecule has 0 bridgehead atoms. The van der Waals surface area contributed by atoms with Crippen LogP contribution in [0.25, 0.3) is 0 Å². The standard InChI is InChI=1S/C12H15NO4/c1-7-10(4-5-17-7)11(14)13-9-3-2-8(6-9)12(15)16/h4-5,8-9H,2-3,6H2,1H3,(H,13,14)(H,15,16). The normalized spacial score (nSPS) is 23.6. The van der Waals surface area contributed by atoms with Crippen molar-refractivity contribution in [3.63, 3.8) is 0 Å². The third kappa shape index (κ3) is 2.49. The molecule has 0 spiro atoms. The molecule has 1 aromatic rings. The molecule has 1 heterocycles. The smallest absolute Gasteiger partial charge is 0.306 e. The monoisotopic (exact) mass is 237 g/mol. The second-order valence-electron chi connectivity index (χ2n) is 4.41. The minimum Gasteiger partial charge on any atom is -0.481 e. The van der Waals surface area contributed by atoms with E-state index in [-0.39, 0.29) is 17.9 Å². The molecular weight excluding hydrogens is 222 g/mol. The summed E-state index contributed by atoms with van der Waals surface area (Å²) in [5, 5.41) is 11.7. The summed E-state index contributed by atoms with van der Waals surface area (Å²) in [5.74, 6) is -0.713. The van der Waals surface area contributed by atoms with E-state index in [9.17, 15) is 9.59 Å². The summed E-state index contributed by atoms with van der Waals surface area (Å²) < 4.78 is 5.05. The first-order chi connectivity index (χ1) is 8.08. The van der Waals surface area contributed by atoms with Gasteiger partial charge in [0.05, 0.1) is 17.7 Å². The van der Waals surface area contributed by atoms with Crippen LogP contribution in [0.15, 0.2) is 16.7 Å². The number of carbonyl (C=O) groups excluding carboxylic acids is 1. The van der Waals surface area contributed by atoms with Crippen molar-refractivity contribution in [2.45, 2.75) is 32.2 Å². The number of carboxylic acid groups (broad SMARTS) is 1. The molecule has 17 heavy (non-hydrogen) atoms. The van der Waals surface area contributed by atoms with E-state index in [2.05, 4.69) is 5.32 Å². The highest BCUT2D eigenvalue weighted by atomic mass is 16.4. The van der Waals surface area contributed by atoms with Crippen molar-refractivity contribution in [1.29, 1.82) is 0 Å². The van der Waals surface area contributed by atoms with Gasteiger partial charge in [-0.15, -0.1) is 0 Å². The van der Waals surface area contributed by atoms with Crippen LogP contribution in [0, 0.1) is 12.8 Å². The zero-order valence-corrected chi connectivity index (χ0v) is 9.60. The number of amides is 1. The molecule has 5 nitrogen and oxygen atoms in total. The van der Waals surface area contributed by atoms with Gasteiger partial charge in [-0.05, 0) is 32.3 Å². The van der Waals surface area contributed by atoms with Crippen LogP contribution in [-0.2, 0) is 4.79 Å². The summed E-state index contributed by atoms with van der Waals surface area (Å²) in [4.78, 5) is 22.6. The molecule has 1 aliphatic rings. The molecule has 0 aromatic carbocycles. The van der Waals surface area contributed by atoms with E-state index >= 15 is 0 Å². The molecule has 0 saturated heterocycles. The van der Waals surface area contributed by atoms with Crippen molar-refractivity contribution in [2.24, 2.45) is 5.92 Å². The van der Waals surface area contributed by atoms with E-state index in [1.54, 1.807) is 13.0 Å². The molecule has 5 heteroatoms. The van der Waals surface area contributed by atoms with Gasteiger partial charge in [-0.1, -0.05) is 0 Å². The van der Waals surface area contributed by atoms with Crippen LogP contribution in [-0.4, -0.2) is 23.0 Å². The van der Waals surface area contributed by atoms with Gasteiger partial charge in [0, 0.05) is 6.04 Å². The van der Waals surface area contributed by atoms with Crippen LogP contribution in [0.5, 0.6) is 0 Å². The fourth-order valence-electron chi connectivity index (χ4n) is 2.22. The van der Waals surface area contributed by atoms with E-state index in [1.807, 2.05) is 0 Å². The number of carboxylic acids is 1. The predicted molar refractivity (Wildman–Crippen MR) is 59.7 cm³/mol. The zero-order chi connectivity index (χ0) is 12.4. The maximum Gasteiger partial charge on any atom is 0.306 e. The van der Waals surface area contributed by atoms with Gasteiger partial charge in [0.1, 0.15) is 5.76 Å². The van der Waals surface area contributed by atoms with Crippen molar-refractivity contribution in [2.75, 3.05) is 0 Å². The van der Waals surface area contributed by atoms with Gasteiger partial charge in [0.15, 0.2) is 0 Å². The second-order valence-corrected chi connectivity index (χ2v) is 4.41. The topological polar surface area (TPSA) is 79.5 Å². The van der Waals surface area contributed by atoms with Crippen molar-refractivity contribution >= 4 is 11.9 Å². The van der Waals surface area contributed by atoms with Crippen molar-refractivity contribution in [3.8, 4) is 0 Å². The SMILES string of the molecule is Cc1occc1C(=O)NC1CCC(C(=O)O)C1. The van der Waals surface area contributed by atoms with Crippen LogP contribution in [0.4, 0.5) is 0 Å². The van der Waals surface area contributed by atoms with Gasteiger partial charge in [-0.2, -0.15) is 0 Å². The average molecular weight is 237 g/mol. The van der Waals surface area contributed by atoms with Crippen LogP contribution < -0.4 is 5.32 Å². The van der Waals surface area contributed by atoms with E-state index < -0.39 is 5.97 Å². The number of rotatable bonds is 3. The Balaban J connectivity index is 1.93. The molecule has 1 aromatic heterocycles. The number of nitrogens with one attached hydrogen (secondary N) is 1. The van der Waals surface area contributed by atoms with Crippen molar-refractivity contribution < 1.29 is 19.1 Å². The molecule has 1 fully saturated rings. The molecule has 0 radical (unpaired) electrons. The Bertz CT molecular complexity index is 437. The van der Waals surface area contributed by atoms with Crippen LogP contribution >= 0.6 is 0 Å². The number of carbonyl (C=O) groups is 2. The number of hydrogen-bond donors (Lipinski definition) is 2. The zero-order valence-electron chi connectivity index (χ0n) is 9.60. The fraction of sp³-hybridized carbons (Fsp3) is 0.500. The Morgan fingerprint density at radius 2 is 2.24 bits per heavy atom. The molecule has 2 unspecified atom stereocenters. The third-order valence-electron chi connectivity index (χ3n) is 3.22. The highest BCUT2D eigenvalue weighted by Gasteiger charge is 2.30. The number of aryl methyl sites for hydroxylation is 1. The number of aliphatic carboxylic acids is 1. The summed E-state index contributed by atoms with van der Waals surface area (Å²) in [6.45, 7) is 1.73. The van der Waals surface area contributed by atoms with Gasteiger partial charge < -0.3 is 14.8 Å². The third-order valence-corrected chi connectivity index (χ3v) is 3.22. The van der Waals surface area contributed by atoms with Crippen molar-refractivity contribution in [3.05, 3.63) is 23.7 Å². The summed E-state index contributed by atoms with van der Waals surface area (Å²) in [7, 11) is 0.